The summed E-state index contributed by atoms with van der Waals surface area (Å²) in [6.45, 7) is 1.37. The predicted molar refractivity (Wildman–Crippen MR) is 98.2 cm³/mol. The molecule has 30 heavy (non-hydrogen) atoms. The van der Waals surface area contributed by atoms with Gasteiger partial charge in [-0.25, -0.2) is 23.6 Å². The van der Waals surface area contributed by atoms with Gasteiger partial charge in [0.2, 0.25) is 5.95 Å². The van der Waals surface area contributed by atoms with Gasteiger partial charge in [0.1, 0.15) is 11.9 Å². The maximum absolute atomic E-state index is 13.8. The normalized spacial score (nSPS) is 11.6. The van der Waals surface area contributed by atoms with Crippen molar-refractivity contribution >= 4 is 17.9 Å². The summed E-state index contributed by atoms with van der Waals surface area (Å²) in [7, 11) is 2.77. The van der Waals surface area contributed by atoms with E-state index in [1.54, 1.807) is 0 Å². The van der Waals surface area contributed by atoms with Crippen LogP contribution in [-0.2, 0) is 16.5 Å². The SMILES string of the molecule is COC(=O)c1ccc(-c2nnn(C)c2NC(=O)O[C@H](C)c2cc(F)cnc2F)nc1. The number of pyridine rings is 2. The number of aryl methyl sites for hydroxylation is 1. The number of nitrogens with one attached hydrogen (secondary N) is 1. The van der Waals surface area contributed by atoms with Gasteiger partial charge in [0.05, 0.1) is 30.1 Å². The zero-order chi connectivity index (χ0) is 21.8. The largest absolute Gasteiger partial charge is 0.465 e. The molecular weight excluding hydrogens is 402 g/mol. The number of esters is 1. The third-order valence-electron chi connectivity index (χ3n) is 4.03. The Hall–Kier alpha value is -3.96. The van der Waals surface area contributed by atoms with Crippen molar-refractivity contribution in [1.29, 1.82) is 0 Å². The Labute approximate surface area is 168 Å². The number of nitrogens with zero attached hydrogens (tertiary/aromatic N) is 5. The second-order valence-electron chi connectivity index (χ2n) is 6.04. The first-order valence-electron chi connectivity index (χ1n) is 8.53. The van der Waals surface area contributed by atoms with Gasteiger partial charge in [-0.15, -0.1) is 5.10 Å². The number of amides is 1. The first-order chi connectivity index (χ1) is 14.3. The lowest BCUT2D eigenvalue weighted by molar-refractivity contribution is 0.0600. The highest BCUT2D eigenvalue weighted by Crippen LogP contribution is 2.25. The highest BCUT2D eigenvalue weighted by Gasteiger charge is 2.21. The van der Waals surface area contributed by atoms with E-state index in [4.69, 9.17) is 4.74 Å². The number of carbonyl (C=O) groups excluding carboxylic acids is 2. The average molecular weight is 418 g/mol. The fourth-order valence-corrected chi connectivity index (χ4v) is 2.52. The van der Waals surface area contributed by atoms with E-state index in [2.05, 4.69) is 30.3 Å². The number of carbonyl (C=O) groups is 2. The first kappa shape index (κ1) is 20.8. The molecule has 0 aliphatic rings. The first-order valence-corrected chi connectivity index (χ1v) is 8.53. The monoisotopic (exact) mass is 418 g/mol. The van der Waals surface area contributed by atoms with Gasteiger partial charge in [0, 0.05) is 13.2 Å². The fraction of sp³-hybridized carbons (Fsp3) is 0.222. The van der Waals surface area contributed by atoms with Crippen LogP contribution >= 0.6 is 0 Å². The van der Waals surface area contributed by atoms with Crippen molar-refractivity contribution in [3.63, 3.8) is 0 Å². The number of ether oxygens (including phenoxy) is 2. The molecule has 0 aromatic carbocycles. The lowest BCUT2D eigenvalue weighted by Gasteiger charge is -2.15. The van der Waals surface area contributed by atoms with Crippen LogP contribution in [0.1, 0.15) is 28.9 Å². The molecule has 0 saturated carbocycles. The number of anilines is 1. The quantitative estimate of drug-likeness (QED) is 0.496. The van der Waals surface area contributed by atoms with Crippen molar-refractivity contribution in [2.24, 2.45) is 7.05 Å². The van der Waals surface area contributed by atoms with Crippen LogP contribution < -0.4 is 5.32 Å². The smallest absolute Gasteiger partial charge is 0.413 e. The van der Waals surface area contributed by atoms with Crippen LogP contribution in [0.15, 0.2) is 30.6 Å². The molecule has 3 aromatic rings. The molecule has 0 fully saturated rings. The molecule has 12 heteroatoms. The molecule has 1 amide bonds. The number of halogens is 2. The summed E-state index contributed by atoms with van der Waals surface area (Å²) in [4.78, 5) is 31.2. The molecule has 0 spiro atoms. The number of hydrogen-bond donors (Lipinski definition) is 1. The molecule has 0 saturated heterocycles. The van der Waals surface area contributed by atoms with Gasteiger partial charge < -0.3 is 9.47 Å². The molecule has 0 unspecified atom stereocenters. The Kier molecular flexibility index (Phi) is 5.95. The van der Waals surface area contributed by atoms with Crippen LogP contribution in [0.3, 0.4) is 0 Å². The van der Waals surface area contributed by atoms with E-state index in [1.807, 2.05) is 0 Å². The minimum Gasteiger partial charge on any atom is -0.465 e. The molecule has 156 valence electrons. The zero-order valence-corrected chi connectivity index (χ0v) is 16.1. The van der Waals surface area contributed by atoms with Gasteiger partial charge >= 0.3 is 12.1 Å². The Bertz CT molecular complexity index is 1090. The van der Waals surface area contributed by atoms with Crippen molar-refractivity contribution < 1.29 is 27.8 Å². The summed E-state index contributed by atoms with van der Waals surface area (Å²) < 4.78 is 38.0. The molecule has 3 heterocycles. The molecule has 1 atom stereocenters. The van der Waals surface area contributed by atoms with Crippen LogP contribution in [0.2, 0.25) is 0 Å². The Morgan fingerprint density at radius 1 is 1.20 bits per heavy atom. The van der Waals surface area contributed by atoms with Gasteiger partial charge in [-0.2, -0.15) is 4.39 Å². The number of aromatic nitrogens is 5. The van der Waals surface area contributed by atoms with Crippen molar-refractivity contribution in [1.82, 2.24) is 25.0 Å². The summed E-state index contributed by atoms with van der Waals surface area (Å²) in [5.74, 6) is -2.12. The summed E-state index contributed by atoms with van der Waals surface area (Å²) >= 11 is 0. The average Bonchev–Trinajstić information content (AvgIpc) is 3.09. The Morgan fingerprint density at radius 2 is 1.97 bits per heavy atom. The lowest BCUT2D eigenvalue weighted by atomic mass is 10.2. The summed E-state index contributed by atoms with van der Waals surface area (Å²) in [5, 5.41) is 10.2. The highest BCUT2D eigenvalue weighted by atomic mass is 19.1. The van der Waals surface area contributed by atoms with E-state index >= 15 is 0 Å². The van der Waals surface area contributed by atoms with Crippen LogP contribution in [-0.4, -0.2) is 44.1 Å². The second-order valence-corrected chi connectivity index (χ2v) is 6.04. The van der Waals surface area contributed by atoms with E-state index < -0.39 is 29.9 Å². The molecule has 0 aliphatic heterocycles. The van der Waals surface area contributed by atoms with Crippen molar-refractivity contribution in [2.75, 3.05) is 12.4 Å². The molecule has 10 nitrogen and oxygen atoms in total. The molecule has 3 rings (SSSR count). The Balaban J connectivity index is 1.77. The third-order valence-corrected chi connectivity index (χ3v) is 4.03. The van der Waals surface area contributed by atoms with Gasteiger partial charge in [-0.1, -0.05) is 5.21 Å². The van der Waals surface area contributed by atoms with E-state index in [0.717, 1.165) is 12.3 Å². The van der Waals surface area contributed by atoms with E-state index in [0.29, 0.717) is 5.69 Å². The van der Waals surface area contributed by atoms with E-state index in [9.17, 15) is 18.4 Å². The van der Waals surface area contributed by atoms with Gasteiger partial charge in [0.25, 0.3) is 0 Å². The number of rotatable bonds is 5. The van der Waals surface area contributed by atoms with Crippen molar-refractivity contribution in [2.45, 2.75) is 13.0 Å². The molecule has 1 N–H and O–H groups in total. The van der Waals surface area contributed by atoms with Gasteiger partial charge in [-0.3, -0.25) is 10.3 Å². The molecule has 0 aliphatic carbocycles. The summed E-state index contributed by atoms with van der Waals surface area (Å²) in [6.07, 6.45) is -0.0588. The van der Waals surface area contributed by atoms with Crippen LogP contribution in [0.4, 0.5) is 19.4 Å². The summed E-state index contributed by atoms with van der Waals surface area (Å²) in [5.41, 5.74) is 0.545. The number of hydrogen-bond acceptors (Lipinski definition) is 8. The van der Waals surface area contributed by atoms with Gasteiger partial charge in [0.15, 0.2) is 11.5 Å². The predicted octanol–water partition coefficient (Wildman–Crippen LogP) is 2.65. The van der Waals surface area contributed by atoms with E-state index in [-0.39, 0.29) is 22.6 Å². The lowest BCUT2D eigenvalue weighted by Crippen LogP contribution is -2.19. The standard InChI is InChI=1S/C18H16F2N6O4/c1-9(12-6-11(19)8-22-15(12)20)30-18(28)23-16-14(24-25-26(16)2)13-5-4-10(7-21-13)17(27)29-3/h4-9H,1-3H3,(H,23,28)/t9-/m1/s1. The zero-order valence-electron chi connectivity index (χ0n) is 16.1. The molecule has 0 bridgehead atoms. The van der Waals surface area contributed by atoms with Crippen molar-refractivity contribution in [3.8, 4) is 11.4 Å². The molecule has 3 aromatic heterocycles. The fourth-order valence-electron chi connectivity index (χ4n) is 2.52. The maximum Gasteiger partial charge on any atom is 0.413 e. The minimum atomic E-state index is -1.12. The van der Waals surface area contributed by atoms with Crippen LogP contribution in [0.5, 0.6) is 0 Å². The summed E-state index contributed by atoms with van der Waals surface area (Å²) in [6, 6.07) is 3.88. The Morgan fingerprint density at radius 3 is 2.63 bits per heavy atom. The van der Waals surface area contributed by atoms with Gasteiger partial charge in [-0.05, 0) is 25.1 Å². The van der Waals surface area contributed by atoms with Crippen LogP contribution in [0.25, 0.3) is 11.4 Å². The molecule has 0 radical (unpaired) electrons. The number of methoxy groups -OCH3 is 1. The third kappa shape index (κ3) is 4.37. The maximum atomic E-state index is 13.8. The second kappa shape index (κ2) is 8.59. The van der Waals surface area contributed by atoms with E-state index in [1.165, 1.54) is 44.1 Å². The molecular formula is C18H16F2N6O4. The topological polar surface area (TPSA) is 121 Å². The van der Waals surface area contributed by atoms with Crippen LogP contribution in [0, 0.1) is 11.8 Å². The highest BCUT2D eigenvalue weighted by molar-refractivity contribution is 5.90. The minimum absolute atomic E-state index is 0.142. The van der Waals surface area contributed by atoms with Crippen molar-refractivity contribution in [3.05, 3.63) is 53.5 Å².